The lowest BCUT2D eigenvalue weighted by Crippen LogP contribution is -2.54. The third-order valence-corrected chi connectivity index (χ3v) is 3.83. The van der Waals surface area contributed by atoms with Crippen LogP contribution in [0.3, 0.4) is 0 Å². The molecule has 0 unspecified atom stereocenters. The van der Waals surface area contributed by atoms with Crippen LogP contribution in [0, 0.1) is 0 Å². The molecule has 0 spiro atoms. The fraction of sp³-hybridized carbons (Fsp3) is 0.526. The number of rotatable bonds is 6. The van der Waals surface area contributed by atoms with E-state index >= 15 is 0 Å². The largest absolute Gasteiger partial charge is 0.476 e. The first kappa shape index (κ1) is 19.0. The lowest BCUT2D eigenvalue weighted by atomic mass is 10.0. The Kier molecular flexibility index (Phi) is 5.50. The van der Waals surface area contributed by atoms with E-state index in [1.165, 1.54) is 4.90 Å². The van der Waals surface area contributed by atoms with E-state index in [0.717, 1.165) is 6.42 Å². The number of benzene rings is 1. The minimum absolute atomic E-state index is 0.00714. The van der Waals surface area contributed by atoms with Crippen molar-refractivity contribution < 1.29 is 23.9 Å². The molecular formula is C19H25NO5. The number of fused-ring (bicyclic) bond motifs is 1. The van der Waals surface area contributed by atoms with Crippen LogP contribution in [0.25, 0.3) is 0 Å². The van der Waals surface area contributed by atoms with Crippen LogP contribution < -0.4 is 9.64 Å². The van der Waals surface area contributed by atoms with Gasteiger partial charge in [0.25, 0.3) is 5.91 Å². The quantitative estimate of drug-likeness (QED) is 0.584. The van der Waals surface area contributed by atoms with E-state index in [1.54, 1.807) is 45.9 Å². The highest BCUT2D eigenvalue weighted by molar-refractivity contribution is 6.06. The summed E-state index contributed by atoms with van der Waals surface area (Å²) in [6, 6.07) is 4.98. The van der Waals surface area contributed by atoms with Crippen LogP contribution in [-0.4, -0.2) is 35.9 Å². The van der Waals surface area contributed by atoms with E-state index in [4.69, 9.17) is 9.47 Å². The number of anilines is 1. The highest BCUT2D eigenvalue weighted by Crippen LogP contribution is 2.38. The minimum Gasteiger partial charge on any atom is -0.476 e. The Balaban J connectivity index is 2.40. The zero-order valence-electron chi connectivity index (χ0n) is 15.4. The van der Waals surface area contributed by atoms with Crippen LogP contribution in [0.1, 0.15) is 57.8 Å². The number of carbonyl (C=O) groups excluding carboxylic acids is 3. The Morgan fingerprint density at radius 1 is 1.28 bits per heavy atom. The molecule has 0 aliphatic carbocycles. The first-order chi connectivity index (χ1) is 11.7. The minimum atomic E-state index is -1.10. The molecule has 1 aromatic rings. The number of Topliss-reactive ketones (excluding diaryl/α,β-unsaturated/α-hetero) is 1. The molecule has 136 valence electrons. The maximum Gasteiger partial charge on any atom is 0.326 e. The SMILES string of the molecule is CCCC(=O)c1ccc2c(c1)N(CC(=O)OC(C)C)C(=O)C(C)(C)O2. The predicted molar refractivity (Wildman–Crippen MR) is 94.0 cm³/mol. The number of ketones is 1. The second-order valence-electron chi connectivity index (χ2n) is 6.90. The topological polar surface area (TPSA) is 72.9 Å². The van der Waals surface area contributed by atoms with Gasteiger partial charge in [-0.1, -0.05) is 6.92 Å². The number of hydrogen-bond acceptors (Lipinski definition) is 5. The van der Waals surface area contributed by atoms with E-state index in [0.29, 0.717) is 23.4 Å². The van der Waals surface area contributed by atoms with Crippen LogP contribution in [0.15, 0.2) is 18.2 Å². The smallest absolute Gasteiger partial charge is 0.326 e. The van der Waals surface area contributed by atoms with Crippen LogP contribution >= 0.6 is 0 Å². The van der Waals surface area contributed by atoms with E-state index in [2.05, 4.69) is 0 Å². The first-order valence-electron chi connectivity index (χ1n) is 8.53. The van der Waals surface area contributed by atoms with Gasteiger partial charge in [-0.25, -0.2) is 0 Å². The summed E-state index contributed by atoms with van der Waals surface area (Å²) in [4.78, 5) is 38.3. The molecular weight excluding hydrogens is 322 g/mol. The van der Waals surface area contributed by atoms with Crippen molar-refractivity contribution in [3.05, 3.63) is 23.8 Å². The lowest BCUT2D eigenvalue weighted by Gasteiger charge is -2.38. The average molecular weight is 347 g/mol. The summed E-state index contributed by atoms with van der Waals surface area (Å²) in [6.45, 7) is 8.50. The van der Waals surface area contributed by atoms with Gasteiger partial charge in [0.1, 0.15) is 12.3 Å². The molecule has 0 atom stereocenters. The molecule has 1 amide bonds. The van der Waals surface area contributed by atoms with E-state index in [1.807, 2.05) is 6.92 Å². The van der Waals surface area contributed by atoms with Gasteiger partial charge in [-0.05, 0) is 52.3 Å². The van der Waals surface area contributed by atoms with Crippen molar-refractivity contribution in [2.24, 2.45) is 0 Å². The lowest BCUT2D eigenvalue weighted by molar-refractivity contribution is -0.147. The number of ether oxygens (including phenoxy) is 2. The van der Waals surface area contributed by atoms with Crippen molar-refractivity contribution in [3.63, 3.8) is 0 Å². The van der Waals surface area contributed by atoms with Crippen molar-refractivity contribution >= 4 is 23.3 Å². The molecule has 0 radical (unpaired) electrons. The number of nitrogens with zero attached hydrogens (tertiary/aromatic N) is 1. The van der Waals surface area contributed by atoms with Crippen molar-refractivity contribution in [2.75, 3.05) is 11.4 Å². The maximum atomic E-state index is 12.7. The zero-order chi connectivity index (χ0) is 18.8. The summed E-state index contributed by atoms with van der Waals surface area (Å²) in [5.74, 6) is -0.389. The fourth-order valence-electron chi connectivity index (χ4n) is 2.70. The Labute approximate surface area is 148 Å². The Morgan fingerprint density at radius 3 is 2.56 bits per heavy atom. The molecule has 6 heteroatoms. The molecule has 0 bridgehead atoms. The van der Waals surface area contributed by atoms with Gasteiger partial charge in [-0.3, -0.25) is 19.3 Å². The molecule has 25 heavy (non-hydrogen) atoms. The third-order valence-electron chi connectivity index (χ3n) is 3.83. The molecule has 0 saturated carbocycles. The summed E-state index contributed by atoms with van der Waals surface area (Å²) in [7, 11) is 0. The summed E-state index contributed by atoms with van der Waals surface area (Å²) in [5.41, 5.74) is -0.175. The monoisotopic (exact) mass is 347 g/mol. The summed E-state index contributed by atoms with van der Waals surface area (Å²) < 4.78 is 10.9. The number of amides is 1. The third kappa shape index (κ3) is 4.18. The second-order valence-corrected chi connectivity index (χ2v) is 6.90. The predicted octanol–water partition coefficient (Wildman–Crippen LogP) is 3.13. The normalized spacial score (nSPS) is 15.6. The molecule has 1 aliphatic rings. The van der Waals surface area contributed by atoms with Gasteiger partial charge in [0.2, 0.25) is 0 Å². The summed E-state index contributed by atoms with van der Waals surface area (Å²) in [5, 5.41) is 0. The molecule has 1 heterocycles. The number of hydrogen-bond donors (Lipinski definition) is 0. The Bertz CT molecular complexity index is 693. The maximum absolute atomic E-state index is 12.7. The molecule has 0 aromatic heterocycles. The molecule has 0 fully saturated rings. The summed E-state index contributed by atoms with van der Waals surface area (Å²) in [6.07, 6.45) is 0.894. The number of carbonyl (C=O) groups is 3. The number of esters is 1. The van der Waals surface area contributed by atoms with E-state index in [-0.39, 0.29) is 24.3 Å². The van der Waals surface area contributed by atoms with Crippen LogP contribution in [-0.2, 0) is 14.3 Å². The van der Waals surface area contributed by atoms with Crippen molar-refractivity contribution in [2.45, 2.75) is 59.2 Å². The molecule has 6 nitrogen and oxygen atoms in total. The standard InChI is InChI=1S/C19H25NO5/c1-6-7-15(21)13-8-9-16-14(10-13)20(11-17(22)24-12(2)3)18(23)19(4,5)25-16/h8-10,12H,6-7,11H2,1-5H3. The molecule has 0 N–H and O–H groups in total. The molecule has 2 rings (SSSR count). The summed E-state index contributed by atoms with van der Waals surface area (Å²) >= 11 is 0. The van der Waals surface area contributed by atoms with Crippen LogP contribution in [0.4, 0.5) is 5.69 Å². The van der Waals surface area contributed by atoms with E-state index in [9.17, 15) is 14.4 Å². The van der Waals surface area contributed by atoms with Crippen molar-refractivity contribution in [1.29, 1.82) is 0 Å². The zero-order valence-corrected chi connectivity index (χ0v) is 15.4. The molecule has 1 aromatic carbocycles. The molecule has 0 saturated heterocycles. The van der Waals surface area contributed by atoms with Gasteiger partial charge < -0.3 is 9.47 Å². The van der Waals surface area contributed by atoms with Gasteiger partial charge in [0.15, 0.2) is 11.4 Å². The Hall–Kier alpha value is -2.37. The second kappa shape index (κ2) is 7.25. The Morgan fingerprint density at radius 2 is 1.96 bits per heavy atom. The van der Waals surface area contributed by atoms with Gasteiger partial charge in [-0.15, -0.1) is 0 Å². The molecule has 1 aliphatic heterocycles. The highest BCUT2D eigenvalue weighted by atomic mass is 16.5. The van der Waals surface area contributed by atoms with Crippen molar-refractivity contribution in [3.8, 4) is 5.75 Å². The fourth-order valence-corrected chi connectivity index (χ4v) is 2.70. The first-order valence-corrected chi connectivity index (χ1v) is 8.53. The van der Waals surface area contributed by atoms with Gasteiger partial charge in [0, 0.05) is 12.0 Å². The van der Waals surface area contributed by atoms with Gasteiger partial charge in [-0.2, -0.15) is 0 Å². The van der Waals surface area contributed by atoms with E-state index < -0.39 is 11.6 Å². The van der Waals surface area contributed by atoms with Gasteiger partial charge in [0.05, 0.1) is 11.8 Å². The van der Waals surface area contributed by atoms with Gasteiger partial charge >= 0.3 is 5.97 Å². The van der Waals surface area contributed by atoms with Crippen LogP contribution in [0.2, 0.25) is 0 Å². The highest BCUT2D eigenvalue weighted by Gasteiger charge is 2.42. The van der Waals surface area contributed by atoms with Crippen LogP contribution in [0.5, 0.6) is 5.75 Å². The average Bonchev–Trinajstić information content (AvgIpc) is 2.50. The van der Waals surface area contributed by atoms with Crippen molar-refractivity contribution in [1.82, 2.24) is 0 Å².